The highest BCUT2D eigenvalue weighted by molar-refractivity contribution is 5.77. The number of ether oxygens (including phenoxy) is 1. The van der Waals surface area contributed by atoms with Gasteiger partial charge < -0.3 is 14.5 Å². The second-order valence-electron chi connectivity index (χ2n) is 8.20. The average Bonchev–Trinajstić information content (AvgIpc) is 2.62. The molecule has 2 amide bonds. The van der Waals surface area contributed by atoms with Crippen LogP contribution in [0.2, 0.25) is 0 Å². The Kier molecular flexibility index (Phi) is 7.45. The predicted octanol–water partition coefficient (Wildman–Crippen LogP) is 3.82. The number of halogens is 1. The molecule has 0 atom stereocenters. The molecule has 1 aliphatic heterocycles. The van der Waals surface area contributed by atoms with E-state index in [-0.39, 0.29) is 30.3 Å². The van der Waals surface area contributed by atoms with E-state index in [0.29, 0.717) is 26.1 Å². The number of terminal acetylenes is 1. The molecule has 1 aromatic rings. The number of nitrogens with zero attached hydrogens (tertiary/aromatic N) is 2. The van der Waals surface area contributed by atoms with Crippen LogP contribution in [0, 0.1) is 24.1 Å². The summed E-state index contributed by atoms with van der Waals surface area (Å²) in [5.74, 6) is 2.41. The van der Waals surface area contributed by atoms with Gasteiger partial charge in [0.1, 0.15) is 11.4 Å². The van der Waals surface area contributed by atoms with Crippen molar-refractivity contribution in [2.45, 2.75) is 52.2 Å². The molecule has 1 aliphatic rings. The van der Waals surface area contributed by atoms with E-state index in [4.69, 9.17) is 11.2 Å². The smallest absolute Gasteiger partial charge is 0.410 e. The van der Waals surface area contributed by atoms with E-state index in [1.165, 1.54) is 12.1 Å². The molecule has 1 heterocycles. The van der Waals surface area contributed by atoms with Gasteiger partial charge in [-0.25, -0.2) is 9.18 Å². The van der Waals surface area contributed by atoms with E-state index >= 15 is 0 Å². The predicted molar refractivity (Wildman–Crippen MR) is 106 cm³/mol. The number of carbonyl (C=O) groups excluding carboxylic acids is 2. The fraction of sp³-hybridized carbons (Fsp3) is 0.545. The Hall–Kier alpha value is -2.55. The highest BCUT2D eigenvalue weighted by Crippen LogP contribution is 2.23. The topological polar surface area (TPSA) is 49.9 Å². The Morgan fingerprint density at radius 3 is 2.39 bits per heavy atom. The van der Waals surface area contributed by atoms with Gasteiger partial charge in [0.2, 0.25) is 5.91 Å². The van der Waals surface area contributed by atoms with Crippen LogP contribution in [0.5, 0.6) is 0 Å². The van der Waals surface area contributed by atoms with Crippen molar-refractivity contribution in [1.29, 1.82) is 0 Å². The summed E-state index contributed by atoms with van der Waals surface area (Å²) in [4.78, 5) is 28.2. The lowest BCUT2D eigenvalue weighted by Crippen LogP contribution is -2.42. The maximum Gasteiger partial charge on any atom is 0.410 e. The second-order valence-corrected chi connectivity index (χ2v) is 8.20. The van der Waals surface area contributed by atoms with Crippen LogP contribution in [0.4, 0.5) is 9.18 Å². The minimum Gasteiger partial charge on any atom is -0.444 e. The molecule has 0 unspecified atom stereocenters. The van der Waals surface area contributed by atoms with E-state index in [0.717, 1.165) is 18.4 Å². The zero-order valence-corrected chi connectivity index (χ0v) is 16.9. The molecule has 5 nitrogen and oxygen atoms in total. The minimum absolute atomic E-state index is 0.0157. The third-order valence-corrected chi connectivity index (χ3v) is 4.65. The molecule has 0 aliphatic carbocycles. The first-order valence-corrected chi connectivity index (χ1v) is 9.61. The zero-order valence-electron chi connectivity index (χ0n) is 16.9. The quantitative estimate of drug-likeness (QED) is 0.721. The number of rotatable bonds is 5. The number of benzene rings is 1. The molecule has 1 aromatic carbocycles. The van der Waals surface area contributed by atoms with E-state index in [1.807, 2.05) is 20.8 Å². The van der Waals surface area contributed by atoms with Crippen LogP contribution < -0.4 is 0 Å². The fourth-order valence-electron chi connectivity index (χ4n) is 3.17. The third kappa shape index (κ3) is 6.88. The average molecular weight is 388 g/mol. The van der Waals surface area contributed by atoms with Gasteiger partial charge in [0.25, 0.3) is 0 Å². The lowest BCUT2D eigenvalue weighted by atomic mass is 9.93. The largest absolute Gasteiger partial charge is 0.444 e. The highest BCUT2D eigenvalue weighted by Gasteiger charge is 2.28. The zero-order chi connectivity index (χ0) is 20.7. The first-order valence-electron chi connectivity index (χ1n) is 9.61. The molecular weight excluding hydrogens is 359 g/mol. The maximum atomic E-state index is 13.1. The summed E-state index contributed by atoms with van der Waals surface area (Å²) < 4.78 is 18.5. The van der Waals surface area contributed by atoms with Crippen molar-refractivity contribution in [1.82, 2.24) is 9.80 Å². The number of hydrogen-bond acceptors (Lipinski definition) is 3. The standard InChI is InChI=1S/C22H29FN2O3/c1-5-12-25(16-18-6-8-19(23)9-7-18)20(26)15-17-10-13-24(14-11-17)21(27)28-22(2,3)4/h1,6-9,17H,10-16H2,2-4H3. The first kappa shape index (κ1) is 21.7. The van der Waals surface area contributed by atoms with Gasteiger partial charge in [0, 0.05) is 26.1 Å². The summed E-state index contributed by atoms with van der Waals surface area (Å²) in [7, 11) is 0. The van der Waals surface area contributed by atoms with Crippen molar-refractivity contribution in [2.24, 2.45) is 5.92 Å². The van der Waals surface area contributed by atoms with Gasteiger partial charge in [-0.2, -0.15) is 0 Å². The fourth-order valence-corrected chi connectivity index (χ4v) is 3.17. The van der Waals surface area contributed by atoms with Gasteiger partial charge in [-0.1, -0.05) is 18.1 Å². The molecule has 0 bridgehead atoms. The SMILES string of the molecule is C#CCN(Cc1ccc(F)cc1)C(=O)CC1CCN(C(=O)OC(C)(C)C)CC1. The van der Waals surface area contributed by atoms with Gasteiger partial charge in [0.05, 0.1) is 6.54 Å². The van der Waals surface area contributed by atoms with Gasteiger partial charge >= 0.3 is 6.09 Å². The maximum absolute atomic E-state index is 13.1. The first-order chi connectivity index (χ1) is 13.2. The summed E-state index contributed by atoms with van der Waals surface area (Å²) in [5, 5.41) is 0. The third-order valence-electron chi connectivity index (χ3n) is 4.65. The van der Waals surface area contributed by atoms with Gasteiger partial charge in [-0.3, -0.25) is 4.79 Å². The van der Waals surface area contributed by atoms with Crippen molar-refractivity contribution in [3.05, 3.63) is 35.6 Å². The van der Waals surface area contributed by atoms with Gasteiger partial charge in [-0.05, 0) is 57.2 Å². The summed E-state index contributed by atoms with van der Waals surface area (Å²) in [5.41, 5.74) is 0.324. The number of amides is 2. The van der Waals surface area contributed by atoms with Crippen molar-refractivity contribution in [3.63, 3.8) is 0 Å². The van der Waals surface area contributed by atoms with Crippen molar-refractivity contribution in [2.75, 3.05) is 19.6 Å². The lowest BCUT2D eigenvalue weighted by Gasteiger charge is -2.34. The molecule has 2 rings (SSSR count). The Labute approximate surface area is 166 Å². The lowest BCUT2D eigenvalue weighted by molar-refractivity contribution is -0.132. The van der Waals surface area contributed by atoms with Crippen molar-refractivity contribution >= 4 is 12.0 Å². The van der Waals surface area contributed by atoms with Gasteiger partial charge in [-0.15, -0.1) is 6.42 Å². The molecule has 1 saturated heterocycles. The number of likely N-dealkylation sites (tertiary alicyclic amines) is 1. The molecule has 152 valence electrons. The Morgan fingerprint density at radius 1 is 1.25 bits per heavy atom. The van der Waals surface area contributed by atoms with Crippen molar-refractivity contribution < 1.29 is 18.7 Å². The van der Waals surface area contributed by atoms with Gasteiger partial charge in [0.15, 0.2) is 0 Å². The molecule has 0 spiro atoms. The number of hydrogen-bond donors (Lipinski definition) is 0. The van der Waals surface area contributed by atoms with E-state index < -0.39 is 5.60 Å². The van der Waals surface area contributed by atoms with Crippen LogP contribution in [0.15, 0.2) is 24.3 Å². The molecule has 1 fully saturated rings. The molecule has 6 heteroatoms. The number of carbonyl (C=O) groups is 2. The summed E-state index contributed by atoms with van der Waals surface area (Å²) in [6.07, 6.45) is 7.02. The van der Waals surface area contributed by atoms with Crippen LogP contribution in [0.25, 0.3) is 0 Å². The molecule has 0 saturated carbocycles. The number of piperidine rings is 1. The monoisotopic (exact) mass is 388 g/mol. The van der Waals surface area contributed by atoms with E-state index in [1.54, 1.807) is 21.9 Å². The van der Waals surface area contributed by atoms with E-state index in [9.17, 15) is 14.0 Å². The molecule has 28 heavy (non-hydrogen) atoms. The summed E-state index contributed by atoms with van der Waals surface area (Å²) >= 11 is 0. The Balaban J connectivity index is 1.86. The van der Waals surface area contributed by atoms with Crippen LogP contribution in [0.1, 0.15) is 45.6 Å². The molecule has 0 aromatic heterocycles. The Morgan fingerprint density at radius 2 is 1.86 bits per heavy atom. The van der Waals surface area contributed by atoms with Crippen LogP contribution in [-0.4, -0.2) is 47.0 Å². The molecule has 0 radical (unpaired) electrons. The molecular formula is C22H29FN2O3. The van der Waals surface area contributed by atoms with E-state index in [2.05, 4.69) is 5.92 Å². The highest BCUT2D eigenvalue weighted by atomic mass is 19.1. The minimum atomic E-state index is -0.514. The second kappa shape index (κ2) is 9.59. The van der Waals surface area contributed by atoms with Crippen LogP contribution in [-0.2, 0) is 16.1 Å². The normalized spacial score (nSPS) is 15.0. The summed E-state index contributed by atoms with van der Waals surface area (Å²) in [6, 6.07) is 6.07. The Bertz CT molecular complexity index is 711. The van der Waals surface area contributed by atoms with Crippen molar-refractivity contribution in [3.8, 4) is 12.3 Å². The van der Waals surface area contributed by atoms with Crippen LogP contribution in [0.3, 0.4) is 0 Å². The van der Waals surface area contributed by atoms with Crippen LogP contribution >= 0.6 is 0 Å². The molecule has 0 N–H and O–H groups in total. The summed E-state index contributed by atoms with van der Waals surface area (Å²) in [6.45, 7) is 7.28.